The fraction of sp³-hybridized carbons (Fsp3) is 0.192. The van der Waals surface area contributed by atoms with E-state index in [1.54, 1.807) is 48.7 Å². The molecule has 1 N–H and O–H groups in total. The number of Topliss-reactive ketones (excluding diaryl/α,β-unsaturated/α-hetero) is 1. The van der Waals surface area contributed by atoms with Crippen molar-refractivity contribution in [3.63, 3.8) is 0 Å². The Kier molecular flexibility index (Phi) is 5.87. The molecule has 1 fully saturated rings. The maximum absolute atomic E-state index is 13.3. The van der Waals surface area contributed by atoms with Gasteiger partial charge in [0.05, 0.1) is 25.5 Å². The number of pyridine rings is 1. The average molecular weight is 444 g/mol. The van der Waals surface area contributed by atoms with E-state index in [0.29, 0.717) is 22.9 Å². The van der Waals surface area contributed by atoms with Crippen LogP contribution < -0.4 is 14.4 Å². The molecule has 33 heavy (non-hydrogen) atoms. The Morgan fingerprint density at radius 3 is 2.21 bits per heavy atom. The number of hydrogen-bond acceptors (Lipinski definition) is 6. The van der Waals surface area contributed by atoms with Crippen LogP contribution in [0.2, 0.25) is 0 Å². The van der Waals surface area contributed by atoms with Crippen molar-refractivity contribution in [2.24, 2.45) is 0 Å². The number of methoxy groups -OCH3 is 2. The Morgan fingerprint density at radius 1 is 0.939 bits per heavy atom. The lowest BCUT2D eigenvalue weighted by atomic mass is 9.97. The van der Waals surface area contributed by atoms with Crippen molar-refractivity contribution in [1.29, 1.82) is 0 Å². The summed E-state index contributed by atoms with van der Waals surface area (Å²) >= 11 is 0. The molecule has 4 rings (SSSR count). The number of rotatable bonds is 5. The molecule has 0 spiro atoms. The van der Waals surface area contributed by atoms with E-state index >= 15 is 0 Å². The zero-order valence-electron chi connectivity index (χ0n) is 18.8. The predicted molar refractivity (Wildman–Crippen MR) is 124 cm³/mol. The molecule has 3 aromatic rings. The highest BCUT2D eigenvalue weighted by molar-refractivity contribution is 6.51. The summed E-state index contributed by atoms with van der Waals surface area (Å²) in [6.07, 6.45) is 1.58. The summed E-state index contributed by atoms with van der Waals surface area (Å²) in [5.41, 5.74) is 3.14. The minimum Gasteiger partial charge on any atom is -0.506 e. The highest BCUT2D eigenvalue weighted by Gasteiger charge is 2.48. The fourth-order valence-corrected chi connectivity index (χ4v) is 4.01. The Morgan fingerprint density at radius 2 is 1.64 bits per heavy atom. The molecule has 0 radical (unpaired) electrons. The summed E-state index contributed by atoms with van der Waals surface area (Å²) in [6.45, 7) is 3.91. The van der Waals surface area contributed by atoms with E-state index in [0.717, 1.165) is 11.1 Å². The third-order valence-corrected chi connectivity index (χ3v) is 5.85. The van der Waals surface area contributed by atoms with E-state index in [2.05, 4.69) is 4.98 Å². The molecule has 2 aromatic carbocycles. The van der Waals surface area contributed by atoms with Crippen LogP contribution in [0.4, 0.5) is 5.69 Å². The molecule has 168 valence electrons. The van der Waals surface area contributed by atoms with Gasteiger partial charge in [0.2, 0.25) is 0 Å². The van der Waals surface area contributed by atoms with E-state index in [1.807, 2.05) is 26.0 Å². The number of amides is 1. The number of nitrogens with zero attached hydrogens (tertiary/aromatic N) is 2. The Bertz CT molecular complexity index is 1240. The molecule has 1 aliphatic heterocycles. The van der Waals surface area contributed by atoms with Gasteiger partial charge >= 0.3 is 0 Å². The van der Waals surface area contributed by atoms with Crippen LogP contribution in [0.25, 0.3) is 5.76 Å². The summed E-state index contributed by atoms with van der Waals surface area (Å²) < 4.78 is 10.8. The first-order valence-electron chi connectivity index (χ1n) is 10.4. The molecule has 7 nitrogen and oxygen atoms in total. The number of aliphatic hydroxyl groups excluding tert-OH is 1. The van der Waals surface area contributed by atoms with E-state index in [4.69, 9.17) is 9.47 Å². The van der Waals surface area contributed by atoms with Crippen LogP contribution in [0.15, 0.2) is 66.4 Å². The monoisotopic (exact) mass is 444 g/mol. The minimum absolute atomic E-state index is 0.0836. The van der Waals surface area contributed by atoms with E-state index < -0.39 is 17.7 Å². The van der Waals surface area contributed by atoms with Crippen molar-refractivity contribution in [3.05, 3.63) is 88.8 Å². The van der Waals surface area contributed by atoms with Gasteiger partial charge in [-0.05, 0) is 61.4 Å². The number of hydrogen-bond donors (Lipinski definition) is 1. The van der Waals surface area contributed by atoms with Gasteiger partial charge in [0.1, 0.15) is 28.9 Å². The first-order chi connectivity index (χ1) is 15.9. The van der Waals surface area contributed by atoms with E-state index in [1.165, 1.54) is 19.1 Å². The predicted octanol–water partition coefficient (Wildman–Crippen LogP) is 4.34. The molecule has 1 atom stereocenters. The Balaban J connectivity index is 2.01. The highest BCUT2D eigenvalue weighted by atomic mass is 16.5. The summed E-state index contributed by atoms with van der Waals surface area (Å²) in [5.74, 6) is -1.32. The lowest BCUT2D eigenvalue weighted by Gasteiger charge is -2.25. The topological polar surface area (TPSA) is 89.0 Å². The third kappa shape index (κ3) is 3.71. The number of aryl methyl sites for hydroxylation is 2. The largest absolute Gasteiger partial charge is 0.506 e. The van der Waals surface area contributed by atoms with Crippen LogP contribution in [0.1, 0.15) is 28.4 Å². The molecule has 1 amide bonds. The molecule has 1 aliphatic rings. The van der Waals surface area contributed by atoms with Gasteiger partial charge in [0, 0.05) is 11.9 Å². The number of carbonyl (C=O) groups excluding carboxylic acids is 2. The van der Waals surface area contributed by atoms with E-state index in [9.17, 15) is 14.7 Å². The number of ketones is 1. The number of carbonyl (C=O) groups is 2. The molecule has 0 saturated carbocycles. The van der Waals surface area contributed by atoms with Crippen LogP contribution >= 0.6 is 0 Å². The first-order valence-corrected chi connectivity index (χ1v) is 10.4. The Hall–Kier alpha value is -4.13. The van der Waals surface area contributed by atoms with Gasteiger partial charge in [-0.1, -0.05) is 18.2 Å². The third-order valence-electron chi connectivity index (χ3n) is 5.85. The lowest BCUT2D eigenvalue weighted by molar-refractivity contribution is -0.132. The maximum atomic E-state index is 13.3. The normalized spacial score (nSPS) is 17.3. The summed E-state index contributed by atoms with van der Waals surface area (Å²) in [7, 11) is 2.91. The van der Waals surface area contributed by atoms with E-state index in [-0.39, 0.29) is 16.9 Å². The SMILES string of the molecule is COc1cccc(OC)c1/C(O)=C1\C(=O)C(=O)N(c2ccc(C)c(C)c2)C1c1ccccn1. The van der Waals surface area contributed by atoms with Gasteiger partial charge in [0.15, 0.2) is 0 Å². The second-order valence-electron chi connectivity index (χ2n) is 7.73. The molecule has 1 saturated heterocycles. The molecule has 0 bridgehead atoms. The van der Waals surface area contributed by atoms with Gasteiger partial charge in [-0.2, -0.15) is 0 Å². The number of ether oxygens (including phenoxy) is 2. The van der Waals surface area contributed by atoms with Crippen molar-refractivity contribution < 1.29 is 24.2 Å². The Labute approximate surface area is 191 Å². The summed E-state index contributed by atoms with van der Waals surface area (Å²) in [6, 6.07) is 14.8. The van der Waals surface area contributed by atoms with Crippen LogP contribution in [0.3, 0.4) is 0 Å². The van der Waals surface area contributed by atoms with Crippen LogP contribution in [-0.2, 0) is 9.59 Å². The van der Waals surface area contributed by atoms with Crippen molar-refractivity contribution in [2.45, 2.75) is 19.9 Å². The highest BCUT2D eigenvalue weighted by Crippen LogP contribution is 2.44. The van der Waals surface area contributed by atoms with Gasteiger partial charge < -0.3 is 14.6 Å². The fourth-order valence-electron chi connectivity index (χ4n) is 4.01. The number of anilines is 1. The van der Waals surface area contributed by atoms with Crippen LogP contribution in [-0.4, -0.2) is 36.0 Å². The van der Waals surface area contributed by atoms with Gasteiger partial charge in [-0.3, -0.25) is 19.5 Å². The van der Waals surface area contributed by atoms with Gasteiger partial charge in [-0.15, -0.1) is 0 Å². The standard InChI is InChI=1S/C26H24N2O5/c1-15-11-12-17(14-16(15)2)28-23(18-8-5-6-13-27-18)22(25(30)26(28)31)24(29)21-19(32-3)9-7-10-20(21)33-4/h5-14,23,29H,1-4H3/b24-22+. The minimum atomic E-state index is -0.928. The molecule has 1 unspecified atom stereocenters. The molecular weight excluding hydrogens is 420 g/mol. The summed E-state index contributed by atoms with van der Waals surface area (Å²) in [5, 5.41) is 11.4. The van der Waals surface area contributed by atoms with Gasteiger partial charge in [-0.25, -0.2) is 0 Å². The maximum Gasteiger partial charge on any atom is 0.300 e. The molecule has 1 aromatic heterocycles. The number of aromatic nitrogens is 1. The second-order valence-corrected chi connectivity index (χ2v) is 7.73. The second kappa shape index (κ2) is 8.78. The first kappa shape index (κ1) is 22.1. The van der Waals surface area contributed by atoms with Crippen LogP contribution in [0.5, 0.6) is 11.5 Å². The van der Waals surface area contributed by atoms with Crippen LogP contribution in [0, 0.1) is 13.8 Å². The summed E-state index contributed by atoms with van der Waals surface area (Å²) in [4.78, 5) is 32.4. The smallest absolute Gasteiger partial charge is 0.300 e. The lowest BCUT2D eigenvalue weighted by Crippen LogP contribution is -2.30. The molecule has 7 heteroatoms. The van der Waals surface area contributed by atoms with Crippen molar-refractivity contribution >= 4 is 23.1 Å². The number of aliphatic hydroxyl groups is 1. The molecular formula is C26H24N2O5. The number of benzene rings is 2. The van der Waals surface area contributed by atoms with Gasteiger partial charge in [0.25, 0.3) is 11.7 Å². The zero-order valence-corrected chi connectivity index (χ0v) is 18.8. The van der Waals surface area contributed by atoms with Crippen molar-refractivity contribution in [2.75, 3.05) is 19.1 Å². The zero-order chi connectivity index (χ0) is 23.7. The quantitative estimate of drug-likeness (QED) is 0.358. The molecule has 2 heterocycles. The average Bonchev–Trinajstić information content (AvgIpc) is 3.10. The van der Waals surface area contributed by atoms with Crippen molar-refractivity contribution in [1.82, 2.24) is 4.98 Å². The molecule has 0 aliphatic carbocycles. The van der Waals surface area contributed by atoms with Crippen molar-refractivity contribution in [3.8, 4) is 11.5 Å².